The molecule has 0 saturated carbocycles. The summed E-state index contributed by atoms with van der Waals surface area (Å²) < 4.78 is 57.8. The maximum absolute atomic E-state index is 16.5. The van der Waals surface area contributed by atoms with Crippen molar-refractivity contribution < 1.29 is 46.8 Å². The van der Waals surface area contributed by atoms with Crippen LogP contribution in [0.3, 0.4) is 0 Å². The van der Waals surface area contributed by atoms with Gasteiger partial charge in [-0.05, 0) is 71.5 Å². The fourth-order valence-electron chi connectivity index (χ4n) is 5.08. The molecule has 2 aliphatic heterocycles. The SMILES string of the molecule is Cc1c(-c2cc3cc(NC(=O)OC4CCOC4)ncc3c(NC(=O)OC(C)(C)C)c2F)cnc2c1N(C(=O)OC(C)(C)C)CC(F)O2. The van der Waals surface area contributed by atoms with Crippen molar-refractivity contribution in [1.82, 2.24) is 9.97 Å². The third-order valence-corrected chi connectivity index (χ3v) is 6.99. The zero-order valence-electron chi connectivity index (χ0n) is 27.2. The summed E-state index contributed by atoms with van der Waals surface area (Å²) >= 11 is 0. The number of nitrogens with zero attached hydrogens (tertiary/aromatic N) is 3. The lowest BCUT2D eigenvalue weighted by Crippen LogP contribution is -2.45. The van der Waals surface area contributed by atoms with Gasteiger partial charge < -0.3 is 23.7 Å². The summed E-state index contributed by atoms with van der Waals surface area (Å²) in [6.45, 7) is 11.9. The lowest BCUT2D eigenvalue weighted by Gasteiger charge is -2.34. The summed E-state index contributed by atoms with van der Waals surface area (Å²) in [6, 6.07) is 2.96. The van der Waals surface area contributed by atoms with E-state index < -0.39 is 54.3 Å². The number of carbonyl (C=O) groups is 3. The van der Waals surface area contributed by atoms with E-state index in [2.05, 4.69) is 20.6 Å². The highest BCUT2D eigenvalue weighted by Crippen LogP contribution is 2.43. The van der Waals surface area contributed by atoms with Gasteiger partial charge in [0.05, 0.1) is 25.4 Å². The van der Waals surface area contributed by atoms with Crippen LogP contribution in [0.25, 0.3) is 21.9 Å². The lowest BCUT2D eigenvalue weighted by atomic mass is 9.96. The molecule has 252 valence electrons. The topological polar surface area (TPSA) is 150 Å². The maximum Gasteiger partial charge on any atom is 0.415 e. The summed E-state index contributed by atoms with van der Waals surface area (Å²) in [4.78, 5) is 48.0. The van der Waals surface area contributed by atoms with E-state index in [1.54, 1.807) is 48.5 Å². The van der Waals surface area contributed by atoms with Gasteiger partial charge in [-0.15, -0.1) is 0 Å². The number of hydrogen-bond acceptors (Lipinski definition) is 10. The van der Waals surface area contributed by atoms with Gasteiger partial charge in [-0.1, -0.05) is 0 Å². The summed E-state index contributed by atoms with van der Waals surface area (Å²) in [5, 5.41) is 5.61. The molecule has 15 heteroatoms. The van der Waals surface area contributed by atoms with Gasteiger partial charge in [-0.3, -0.25) is 15.5 Å². The smallest absolute Gasteiger partial charge is 0.415 e. The molecular weight excluding hydrogens is 620 g/mol. The molecule has 1 fully saturated rings. The number of ether oxygens (including phenoxy) is 5. The first kappa shape index (κ1) is 33.6. The van der Waals surface area contributed by atoms with E-state index in [0.29, 0.717) is 24.0 Å². The van der Waals surface area contributed by atoms with Crippen molar-refractivity contribution in [2.75, 3.05) is 35.3 Å². The Bertz CT molecular complexity index is 1720. The van der Waals surface area contributed by atoms with E-state index in [1.807, 2.05) is 0 Å². The second-order valence-electron chi connectivity index (χ2n) is 13.1. The number of fused-ring (bicyclic) bond motifs is 2. The number of alkyl halides is 1. The molecule has 0 bridgehead atoms. The number of benzene rings is 1. The van der Waals surface area contributed by atoms with Crippen molar-refractivity contribution in [3.8, 4) is 17.0 Å². The molecule has 2 N–H and O–H groups in total. The normalized spacial score (nSPS) is 17.9. The van der Waals surface area contributed by atoms with Crippen LogP contribution in [0.5, 0.6) is 5.88 Å². The molecular formula is C32H37F2N5O8. The molecule has 2 aromatic heterocycles. The number of amides is 3. The molecule has 2 unspecified atom stereocenters. The average molecular weight is 658 g/mol. The second-order valence-corrected chi connectivity index (χ2v) is 13.1. The highest BCUT2D eigenvalue weighted by atomic mass is 19.1. The van der Waals surface area contributed by atoms with Gasteiger partial charge in [0.2, 0.25) is 5.88 Å². The predicted molar refractivity (Wildman–Crippen MR) is 168 cm³/mol. The Morgan fingerprint density at radius 1 is 0.979 bits per heavy atom. The van der Waals surface area contributed by atoms with E-state index in [4.69, 9.17) is 23.7 Å². The van der Waals surface area contributed by atoms with Gasteiger partial charge in [0.1, 0.15) is 28.8 Å². The number of anilines is 3. The minimum Gasteiger partial charge on any atom is -0.444 e. The summed E-state index contributed by atoms with van der Waals surface area (Å²) in [6.07, 6.45) is -1.63. The Balaban J connectivity index is 1.61. The van der Waals surface area contributed by atoms with E-state index in [-0.39, 0.29) is 46.2 Å². The Hall–Kier alpha value is -4.79. The van der Waals surface area contributed by atoms with Gasteiger partial charge in [0.15, 0.2) is 5.82 Å². The second kappa shape index (κ2) is 12.8. The number of pyridine rings is 2. The standard InChI is InChI=1S/C32H37F2N5O8/c1-16-20(12-36-27-26(16)39(14-22(33)45-27)30(42)47-32(5,6)7)19-10-17-11-23(37-28(40)44-18-8-9-43-15-18)35-13-21(17)25(24(19)34)38-29(41)46-31(2,3)4/h10-13,18,22H,8-9,14-15H2,1-7H3,(H,38,41)(H,35,37,40). The predicted octanol–water partition coefficient (Wildman–Crippen LogP) is 6.86. The zero-order valence-corrected chi connectivity index (χ0v) is 27.2. The lowest BCUT2D eigenvalue weighted by molar-refractivity contribution is 0.0375. The van der Waals surface area contributed by atoms with Crippen molar-refractivity contribution in [3.05, 3.63) is 35.9 Å². The third kappa shape index (κ3) is 7.79. The molecule has 0 radical (unpaired) electrons. The molecule has 3 aromatic rings. The highest BCUT2D eigenvalue weighted by Gasteiger charge is 2.36. The van der Waals surface area contributed by atoms with Crippen LogP contribution in [0, 0.1) is 12.7 Å². The highest BCUT2D eigenvalue weighted by molar-refractivity contribution is 6.05. The number of nitrogens with one attached hydrogen (secondary N) is 2. The van der Waals surface area contributed by atoms with Crippen LogP contribution in [0.2, 0.25) is 0 Å². The van der Waals surface area contributed by atoms with Gasteiger partial charge in [0.25, 0.3) is 6.36 Å². The molecule has 3 amide bonds. The van der Waals surface area contributed by atoms with Crippen molar-refractivity contribution >= 4 is 46.2 Å². The summed E-state index contributed by atoms with van der Waals surface area (Å²) in [5.41, 5.74) is -1.43. The van der Waals surface area contributed by atoms with E-state index in [0.717, 1.165) is 4.90 Å². The van der Waals surface area contributed by atoms with Crippen LogP contribution >= 0.6 is 0 Å². The fourth-order valence-corrected chi connectivity index (χ4v) is 5.08. The Kier molecular flexibility index (Phi) is 9.13. The third-order valence-electron chi connectivity index (χ3n) is 6.99. The first-order chi connectivity index (χ1) is 22.0. The molecule has 47 heavy (non-hydrogen) atoms. The van der Waals surface area contributed by atoms with E-state index >= 15 is 4.39 Å². The summed E-state index contributed by atoms with van der Waals surface area (Å²) in [5.74, 6) is -0.938. The van der Waals surface area contributed by atoms with Crippen LogP contribution in [-0.4, -0.2) is 71.7 Å². The molecule has 13 nitrogen and oxygen atoms in total. The van der Waals surface area contributed by atoms with Gasteiger partial charge in [0, 0.05) is 35.3 Å². The molecule has 1 aromatic carbocycles. The summed E-state index contributed by atoms with van der Waals surface area (Å²) in [7, 11) is 0. The first-order valence-corrected chi connectivity index (χ1v) is 15.0. The molecule has 1 saturated heterocycles. The molecule has 2 atom stereocenters. The van der Waals surface area contributed by atoms with E-state index in [1.165, 1.54) is 24.5 Å². The van der Waals surface area contributed by atoms with Crippen molar-refractivity contribution in [3.63, 3.8) is 0 Å². The van der Waals surface area contributed by atoms with Crippen LogP contribution in [-0.2, 0) is 18.9 Å². The van der Waals surface area contributed by atoms with Gasteiger partial charge in [-0.25, -0.2) is 28.7 Å². The quantitative estimate of drug-likeness (QED) is 0.285. The van der Waals surface area contributed by atoms with Gasteiger partial charge >= 0.3 is 18.3 Å². The Morgan fingerprint density at radius 3 is 2.36 bits per heavy atom. The van der Waals surface area contributed by atoms with Crippen LogP contribution in [0.1, 0.15) is 53.5 Å². The number of halogens is 2. The van der Waals surface area contributed by atoms with E-state index in [9.17, 15) is 18.8 Å². The molecule has 0 spiro atoms. The minimum atomic E-state index is -1.87. The monoisotopic (exact) mass is 657 g/mol. The Morgan fingerprint density at radius 2 is 1.70 bits per heavy atom. The van der Waals surface area contributed by atoms with Crippen LogP contribution < -0.4 is 20.3 Å². The maximum atomic E-state index is 16.5. The minimum absolute atomic E-state index is 0.0364. The van der Waals surface area contributed by atoms with Crippen LogP contribution in [0.4, 0.5) is 40.4 Å². The average Bonchev–Trinajstić information content (AvgIpc) is 3.45. The number of hydrogen-bond donors (Lipinski definition) is 2. The van der Waals surface area contributed by atoms with Crippen LogP contribution in [0.15, 0.2) is 24.5 Å². The first-order valence-electron chi connectivity index (χ1n) is 15.0. The van der Waals surface area contributed by atoms with Gasteiger partial charge in [-0.2, -0.15) is 4.39 Å². The molecule has 4 heterocycles. The largest absolute Gasteiger partial charge is 0.444 e. The molecule has 0 aliphatic carbocycles. The number of carbonyl (C=O) groups excluding carboxylic acids is 3. The number of rotatable bonds is 4. The molecule has 5 rings (SSSR count). The Labute approximate surface area is 269 Å². The fraction of sp³-hybridized carbons (Fsp3) is 0.469. The number of aromatic nitrogens is 2. The molecule has 2 aliphatic rings. The van der Waals surface area contributed by atoms with Crippen molar-refractivity contribution in [1.29, 1.82) is 0 Å². The van der Waals surface area contributed by atoms with Crippen molar-refractivity contribution in [2.24, 2.45) is 0 Å². The zero-order chi connectivity index (χ0) is 34.3. The van der Waals surface area contributed by atoms with Crippen molar-refractivity contribution in [2.45, 2.75) is 78.6 Å².